The molecule has 7 heteroatoms. The van der Waals surface area contributed by atoms with Crippen molar-refractivity contribution in [2.24, 2.45) is 13.0 Å². The van der Waals surface area contributed by atoms with E-state index in [2.05, 4.69) is 15.4 Å². The van der Waals surface area contributed by atoms with Crippen LogP contribution in [0.3, 0.4) is 0 Å². The smallest absolute Gasteiger partial charge is 0.251 e. The Balaban J connectivity index is 1.44. The van der Waals surface area contributed by atoms with Gasteiger partial charge in [0, 0.05) is 44.8 Å². The zero-order valence-corrected chi connectivity index (χ0v) is 14.2. The molecule has 0 spiro atoms. The summed E-state index contributed by atoms with van der Waals surface area (Å²) < 4.78 is 13.2. The summed E-state index contributed by atoms with van der Waals surface area (Å²) in [5.74, 6) is 0.705. The first-order valence-electron chi connectivity index (χ1n) is 8.37. The second kappa shape index (κ2) is 6.33. The number of nitrogens with zero attached hydrogens (tertiary/aromatic N) is 3. The fourth-order valence-corrected chi connectivity index (χ4v) is 3.34. The number of fused-ring (bicyclic) bond motifs is 1. The molecule has 1 fully saturated rings. The van der Waals surface area contributed by atoms with E-state index in [1.54, 1.807) is 31.3 Å². The summed E-state index contributed by atoms with van der Waals surface area (Å²) in [7, 11) is 1.90. The lowest BCUT2D eigenvalue weighted by Crippen LogP contribution is -2.31. The van der Waals surface area contributed by atoms with Gasteiger partial charge in [0.1, 0.15) is 11.6 Å². The van der Waals surface area contributed by atoms with Crippen LogP contribution in [0.4, 0.5) is 0 Å². The normalized spacial score (nSPS) is 20.2. The van der Waals surface area contributed by atoms with Gasteiger partial charge in [0.2, 0.25) is 0 Å². The van der Waals surface area contributed by atoms with Gasteiger partial charge in [-0.2, -0.15) is 5.10 Å². The highest BCUT2D eigenvalue weighted by Gasteiger charge is 2.31. The Hall–Kier alpha value is -2.67. The number of oxazole rings is 1. The Labute approximate surface area is 145 Å². The molecule has 130 valence electrons. The summed E-state index contributed by atoms with van der Waals surface area (Å²) in [6.07, 6.45) is 2.64. The van der Waals surface area contributed by atoms with Crippen LogP contribution in [0.15, 0.2) is 34.9 Å². The van der Waals surface area contributed by atoms with Crippen LogP contribution in [-0.4, -0.2) is 33.8 Å². The molecule has 1 amide bonds. The molecule has 1 aliphatic heterocycles. The van der Waals surface area contributed by atoms with E-state index < -0.39 is 0 Å². The minimum Gasteiger partial charge on any atom is -0.441 e. The summed E-state index contributed by atoms with van der Waals surface area (Å²) in [5.41, 5.74) is 2.99. The predicted octanol–water partition coefficient (Wildman–Crippen LogP) is 2.38. The maximum atomic E-state index is 12.5. The SMILES string of the molecule is Cc1nc2ccc(C(=O)NC[C@@H]3CCO[C@H]3c3ccnn3C)cc2o1. The van der Waals surface area contributed by atoms with Crippen LogP contribution < -0.4 is 5.32 Å². The van der Waals surface area contributed by atoms with Crippen molar-refractivity contribution in [1.82, 2.24) is 20.1 Å². The van der Waals surface area contributed by atoms with Crippen molar-refractivity contribution in [3.05, 3.63) is 47.6 Å². The van der Waals surface area contributed by atoms with Gasteiger partial charge in [-0.05, 0) is 30.7 Å². The Morgan fingerprint density at radius 2 is 2.28 bits per heavy atom. The molecule has 1 N–H and O–H groups in total. The monoisotopic (exact) mass is 340 g/mol. The Kier molecular flexibility index (Phi) is 4.01. The molecular weight excluding hydrogens is 320 g/mol. The molecule has 0 bridgehead atoms. The minimum atomic E-state index is -0.119. The zero-order valence-electron chi connectivity index (χ0n) is 14.2. The Morgan fingerprint density at radius 1 is 1.40 bits per heavy atom. The Bertz CT molecular complexity index is 914. The zero-order chi connectivity index (χ0) is 17.4. The molecule has 4 rings (SSSR count). The van der Waals surface area contributed by atoms with Gasteiger partial charge in [-0.1, -0.05) is 0 Å². The number of hydrogen-bond acceptors (Lipinski definition) is 5. The summed E-state index contributed by atoms with van der Waals surface area (Å²) in [6, 6.07) is 7.26. The number of aryl methyl sites for hydroxylation is 2. The van der Waals surface area contributed by atoms with Gasteiger partial charge in [0.05, 0.1) is 5.69 Å². The van der Waals surface area contributed by atoms with E-state index in [0.717, 1.165) is 17.6 Å². The first-order chi connectivity index (χ1) is 12.1. The van der Waals surface area contributed by atoms with Crippen LogP contribution in [0.1, 0.15) is 34.5 Å². The van der Waals surface area contributed by atoms with Crippen LogP contribution >= 0.6 is 0 Å². The van der Waals surface area contributed by atoms with Crippen molar-refractivity contribution in [2.75, 3.05) is 13.2 Å². The van der Waals surface area contributed by atoms with Crippen molar-refractivity contribution in [3.8, 4) is 0 Å². The maximum absolute atomic E-state index is 12.5. The number of aromatic nitrogens is 3. The van der Waals surface area contributed by atoms with Crippen molar-refractivity contribution in [2.45, 2.75) is 19.4 Å². The molecule has 2 atom stereocenters. The minimum absolute atomic E-state index is 0.0350. The topological polar surface area (TPSA) is 82.2 Å². The van der Waals surface area contributed by atoms with E-state index >= 15 is 0 Å². The van der Waals surface area contributed by atoms with Crippen molar-refractivity contribution in [3.63, 3.8) is 0 Å². The van der Waals surface area contributed by atoms with Gasteiger partial charge >= 0.3 is 0 Å². The second-order valence-electron chi connectivity index (χ2n) is 6.35. The summed E-state index contributed by atoms with van der Waals surface area (Å²) in [6.45, 7) is 3.04. The fourth-order valence-electron chi connectivity index (χ4n) is 3.34. The summed E-state index contributed by atoms with van der Waals surface area (Å²) in [5, 5.41) is 7.22. The average molecular weight is 340 g/mol. The van der Waals surface area contributed by atoms with Crippen molar-refractivity contribution >= 4 is 17.0 Å². The van der Waals surface area contributed by atoms with Crippen molar-refractivity contribution < 1.29 is 13.9 Å². The average Bonchev–Trinajstić information content (AvgIpc) is 3.30. The van der Waals surface area contributed by atoms with E-state index in [1.807, 2.05) is 17.8 Å². The van der Waals surface area contributed by atoms with Gasteiger partial charge in [-0.15, -0.1) is 0 Å². The molecule has 1 saturated heterocycles. The summed E-state index contributed by atoms with van der Waals surface area (Å²) >= 11 is 0. The molecule has 0 aliphatic carbocycles. The van der Waals surface area contributed by atoms with E-state index in [-0.39, 0.29) is 17.9 Å². The molecule has 25 heavy (non-hydrogen) atoms. The number of ether oxygens (including phenoxy) is 1. The maximum Gasteiger partial charge on any atom is 0.251 e. The Morgan fingerprint density at radius 3 is 3.08 bits per heavy atom. The quantitative estimate of drug-likeness (QED) is 0.788. The molecule has 0 unspecified atom stereocenters. The highest BCUT2D eigenvalue weighted by atomic mass is 16.5. The van der Waals surface area contributed by atoms with Crippen LogP contribution in [0.5, 0.6) is 0 Å². The van der Waals surface area contributed by atoms with Crippen molar-refractivity contribution in [1.29, 1.82) is 0 Å². The first kappa shape index (κ1) is 15.8. The van der Waals surface area contributed by atoms with Gasteiger partial charge in [0.25, 0.3) is 5.91 Å². The van der Waals surface area contributed by atoms with Crippen LogP contribution in [0.2, 0.25) is 0 Å². The van der Waals surface area contributed by atoms with Gasteiger partial charge in [-0.3, -0.25) is 9.48 Å². The fraction of sp³-hybridized carbons (Fsp3) is 0.389. The largest absolute Gasteiger partial charge is 0.441 e. The van der Waals surface area contributed by atoms with Gasteiger partial charge in [-0.25, -0.2) is 4.98 Å². The van der Waals surface area contributed by atoms with E-state index in [9.17, 15) is 4.79 Å². The molecule has 0 saturated carbocycles. The highest BCUT2D eigenvalue weighted by molar-refractivity contribution is 5.97. The number of carbonyl (C=O) groups excluding carboxylic acids is 1. The molecule has 0 radical (unpaired) electrons. The lowest BCUT2D eigenvalue weighted by Gasteiger charge is -2.19. The number of benzene rings is 1. The molecule has 3 aromatic rings. The third-order valence-electron chi connectivity index (χ3n) is 4.65. The molecular formula is C18H20N4O3. The molecule has 7 nitrogen and oxygen atoms in total. The van der Waals surface area contributed by atoms with E-state index in [4.69, 9.17) is 9.15 Å². The van der Waals surface area contributed by atoms with Gasteiger partial charge < -0.3 is 14.5 Å². The number of hydrogen-bond donors (Lipinski definition) is 1. The number of rotatable bonds is 4. The number of nitrogens with one attached hydrogen (secondary N) is 1. The van der Waals surface area contributed by atoms with Crippen LogP contribution in [-0.2, 0) is 11.8 Å². The second-order valence-corrected chi connectivity index (χ2v) is 6.35. The predicted molar refractivity (Wildman–Crippen MR) is 91.1 cm³/mol. The van der Waals surface area contributed by atoms with Crippen LogP contribution in [0.25, 0.3) is 11.1 Å². The van der Waals surface area contributed by atoms with Crippen LogP contribution in [0, 0.1) is 12.8 Å². The number of amides is 1. The van der Waals surface area contributed by atoms with E-state index in [1.165, 1.54) is 0 Å². The van der Waals surface area contributed by atoms with Gasteiger partial charge in [0.15, 0.2) is 11.5 Å². The third-order valence-corrected chi connectivity index (χ3v) is 4.65. The third kappa shape index (κ3) is 3.02. The highest BCUT2D eigenvalue weighted by Crippen LogP contribution is 2.33. The molecule has 1 aliphatic rings. The van der Waals surface area contributed by atoms with E-state index in [0.29, 0.717) is 30.2 Å². The number of carbonyl (C=O) groups is 1. The first-order valence-corrected chi connectivity index (χ1v) is 8.37. The molecule has 3 heterocycles. The molecule has 2 aromatic heterocycles. The lowest BCUT2D eigenvalue weighted by atomic mass is 9.98. The molecule has 1 aromatic carbocycles. The summed E-state index contributed by atoms with van der Waals surface area (Å²) in [4.78, 5) is 16.7. The lowest BCUT2D eigenvalue weighted by molar-refractivity contribution is 0.0801. The standard InChI is InChI=1S/C18H20N4O3/c1-11-21-14-4-3-12(9-16(14)25-11)18(23)19-10-13-6-8-24-17(13)15-5-7-20-22(15)2/h3-5,7,9,13,17H,6,8,10H2,1-2H3,(H,19,23)/t13-,17+/m0/s1.